The predicted molar refractivity (Wildman–Crippen MR) is 91.3 cm³/mol. The fourth-order valence-electron chi connectivity index (χ4n) is 2.85. The van der Waals surface area contributed by atoms with Gasteiger partial charge >= 0.3 is 6.09 Å². The van der Waals surface area contributed by atoms with Gasteiger partial charge in [-0.3, -0.25) is 9.36 Å². The minimum atomic E-state index is -0.963. The van der Waals surface area contributed by atoms with Crippen LogP contribution >= 0.6 is 27.7 Å². The van der Waals surface area contributed by atoms with E-state index in [1.165, 1.54) is 16.7 Å². The van der Waals surface area contributed by atoms with Crippen molar-refractivity contribution in [3.05, 3.63) is 26.6 Å². The van der Waals surface area contributed by atoms with E-state index < -0.39 is 6.09 Å². The monoisotopic (exact) mass is 398 g/mol. The van der Waals surface area contributed by atoms with Crippen molar-refractivity contribution in [2.45, 2.75) is 24.5 Å². The number of halogens is 1. The molecule has 1 N–H and O–H groups in total. The summed E-state index contributed by atoms with van der Waals surface area (Å²) in [5, 5.41) is 10.5. The molecule has 1 atom stereocenters. The van der Waals surface area contributed by atoms with Crippen molar-refractivity contribution in [3.8, 4) is 0 Å². The smallest absolute Gasteiger partial charge is 0.407 e. The number of aryl methyl sites for hydroxylation is 1. The number of pyridine rings is 1. The highest BCUT2D eigenvalue weighted by atomic mass is 79.9. The first-order valence-corrected chi connectivity index (χ1v) is 9.05. The molecule has 0 bridgehead atoms. The lowest BCUT2D eigenvalue weighted by atomic mass is 10.1. The third-order valence-corrected chi connectivity index (χ3v) is 5.59. The number of nitrogens with zero attached hydrogens (tertiary/aromatic N) is 4. The van der Waals surface area contributed by atoms with E-state index in [2.05, 4.69) is 25.9 Å². The van der Waals surface area contributed by atoms with Gasteiger partial charge in [-0.05, 0) is 41.1 Å². The Kier molecular flexibility index (Phi) is 4.33. The maximum atomic E-state index is 12.7. The van der Waals surface area contributed by atoms with Crippen molar-refractivity contribution in [1.29, 1.82) is 0 Å². The van der Waals surface area contributed by atoms with Crippen molar-refractivity contribution in [2.24, 2.45) is 0 Å². The van der Waals surface area contributed by atoms with Gasteiger partial charge in [0.05, 0.1) is 10.5 Å². The summed E-state index contributed by atoms with van der Waals surface area (Å²) in [6, 6.07) is -0.220. The van der Waals surface area contributed by atoms with Crippen LogP contribution in [0.3, 0.4) is 0 Å². The predicted octanol–water partition coefficient (Wildman–Crippen LogP) is 2.51. The number of carboxylic acid groups (broad SMARTS) is 1. The molecule has 1 aliphatic heterocycles. The Labute approximate surface area is 144 Å². The minimum Gasteiger partial charge on any atom is -0.465 e. The van der Waals surface area contributed by atoms with Crippen LogP contribution in [0.5, 0.6) is 0 Å². The zero-order valence-electron chi connectivity index (χ0n) is 12.6. The van der Waals surface area contributed by atoms with Gasteiger partial charge in [-0.2, -0.15) is 0 Å². The van der Waals surface area contributed by atoms with Gasteiger partial charge in [0.1, 0.15) is 5.65 Å². The average Bonchev–Trinajstić information content (AvgIpc) is 3.02. The quantitative estimate of drug-likeness (QED) is 0.617. The highest BCUT2D eigenvalue weighted by molar-refractivity contribution is 9.10. The van der Waals surface area contributed by atoms with E-state index >= 15 is 0 Å². The topological polar surface area (TPSA) is 88.3 Å². The molecule has 23 heavy (non-hydrogen) atoms. The van der Waals surface area contributed by atoms with E-state index in [4.69, 9.17) is 5.11 Å². The van der Waals surface area contributed by atoms with Crippen LogP contribution in [0.15, 0.2) is 20.6 Å². The van der Waals surface area contributed by atoms with Gasteiger partial charge in [0.25, 0.3) is 5.56 Å². The molecule has 3 heterocycles. The van der Waals surface area contributed by atoms with Gasteiger partial charge in [-0.25, -0.2) is 14.8 Å². The number of likely N-dealkylation sites (tertiary alicyclic amines) is 1. The zero-order chi connectivity index (χ0) is 16.7. The van der Waals surface area contributed by atoms with E-state index in [0.29, 0.717) is 34.8 Å². The van der Waals surface area contributed by atoms with Crippen LogP contribution < -0.4 is 5.56 Å². The molecule has 2 aromatic rings. The summed E-state index contributed by atoms with van der Waals surface area (Å²) in [6.07, 6.45) is 3.22. The Morgan fingerprint density at radius 1 is 1.52 bits per heavy atom. The molecule has 0 spiro atoms. The summed E-state index contributed by atoms with van der Waals surface area (Å²) in [4.78, 5) is 34.0. The molecule has 0 saturated carbocycles. The molecule has 3 rings (SSSR count). The van der Waals surface area contributed by atoms with E-state index in [1.54, 1.807) is 10.8 Å². The summed E-state index contributed by atoms with van der Waals surface area (Å²) in [5.74, 6) is 0. The minimum absolute atomic E-state index is 0.182. The molecule has 1 amide bonds. The number of hydrogen-bond donors (Lipinski definition) is 1. The molecule has 9 heteroatoms. The second-order valence-electron chi connectivity index (χ2n) is 5.38. The van der Waals surface area contributed by atoms with E-state index in [9.17, 15) is 9.59 Å². The second-order valence-corrected chi connectivity index (χ2v) is 6.95. The van der Waals surface area contributed by atoms with Gasteiger partial charge in [0.2, 0.25) is 0 Å². The van der Waals surface area contributed by atoms with Gasteiger partial charge in [-0.1, -0.05) is 11.8 Å². The summed E-state index contributed by atoms with van der Waals surface area (Å²) >= 11 is 4.76. The number of aromatic nitrogens is 3. The zero-order valence-corrected chi connectivity index (χ0v) is 15.0. The SMILES string of the molecule is CSc1ncc2c(C)c(Br)c(=O)n([C@H]3CCN(C(=O)O)C3)c2n1. The summed E-state index contributed by atoms with van der Waals surface area (Å²) < 4.78 is 2.08. The third kappa shape index (κ3) is 2.72. The molecule has 1 saturated heterocycles. The van der Waals surface area contributed by atoms with Gasteiger partial charge in [0.15, 0.2) is 5.16 Å². The number of thioether (sulfide) groups is 1. The molecular weight excluding hydrogens is 384 g/mol. The van der Waals surface area contributed by atoms with E-state index in [0.717, 1.165) is 10.9 Å². The van der Waals surface area contributed by atoms with Crippen LogP contribution in [0.2, 0.25) is 0 Å². The summed E-state index contributed by atoms with van der Waals surface area (Å²) in [6.45, 7) is 2.55. The Morgan fingerprint density at radius 3 is 2.87 bits per heavy atom. The van der Waals surface area contributed by atoms with Gasteiger partial charge in [0, 0.05) is 24.7 Å². The number of amides is 1. The summed E-state index contributed by atoms with van der Waals surface area (Å²) in [5.41, 5.74) is 1.17. The molecule has 0 radical (unpaired) electrons. The number of hydrogen-bond acceptors (Lipinski definition) is 5. The van der Waals surface area contributed by atoms with Crippen LogP contribution in [0, 0.1) is 6.92 Å². The second kappa shape index (κ2) is 6.12. The van der Waals surface area contributed by atoms with Crippen molar-refractivity contribution in [1.82, 2.24) is 19.4 Å². The largest absolute Gasteiger partial charge is 0.465 e. The fourth-order valence-corrected chi connectivity index (χ4v) is 3.59. The van der Waals surface area contributed by atoms with E-state index in [1.807, 2.05) is 13.2 Å². The van der Waals surface area contributed by atoms with Crippen molar-refractivity contribution >= 4 is 44.8 Å². The lowest BCUT2D eigenvalue weighted by Gasteiger charge is -2.19. The Bertz CT molecular complexity index is 854. The first-order chi connectivity index (χ1) is 10.9. The molecular formula is C14H15BrN4O3S. The molecule has 7 nitrogen and oxygen atoms in total. The maximum Gasteiger partial charge on any atom is 0.407 e. The van der Waals surface area contributed by atoms with Crippen molar-refractivity contribution in [3.63, 3.8) is 0 Å². The Morgan fingerprint density at radius 2 is 2.26 bits per heavy atom. The molecule has 0 unspecified atom stereocenters. The first-order valence-electron chi connectivity index (χ1n) is 7.03. The van der Waals surface area contributed by atoms with Crippen LogP contribution in [0.4, 0.5) is 4.79 Å². The Balaban J connectivity index is 2.23. The van der Waals surface area contributed by atoms with E-state index in [-0.39, 0.29) is 11.6 Å². The highest BCUT2D eigenvalue weighted by Gasteiger charge is 2.30. The first kappa shape index (κ1) is 16.3. The molecule has 2 aromatic heterocycles. The lowest BCUT2D eigenvalue weighted by Crippen LogP contribution is -2.31. The highest BCUT2D eigenvalue weighted by Crippen LogP contribution is 2.28. The number of fused-ring (bicyclic) bond motifs is 1. The molecule has 1 fully saturated rings. The molecule has 0 aliphatic carbocycles. The maximum absolute atomic E-state index is 12.7. The van der Waals surface area contributed by atoms with Crippen LogP contribution in [0.1, 0.15) is 18.0 Å². The van der Waals surface area contributed by atoms with Crippen LogP contribution in [0.25, 0.3) is 11.0 Å². The van der Waals surface area contributed by atoms with Crippen LogP contribution in [-0.4, -0.2) is 50.0 Å². The Hall–Kier alpha value is -1.61. The van der Waals surface area contributed by atoms with Gasteiger partial charge in [-0.15, -0.1) is 0 Å². The van der Waals surface area contributed by atoms with Crippen molar-refractivity contribution < 1.29 is 9.90 Å². The number of carbonyl (C=O) groups is 1. The van der Waals surface area contributed by atoms with Crippen LogP contribution in [-0.2, 0) is 0 Å². The average molecular weight is 399 g/mol. The fraction of sp³-hybridized carbons (Fsp3) is 0.429. The lowest BCUT2D eigenvalue weighted by molar-refractivity contribution is 0.154. The van der Waals surface area contributed by atoms with Gasteiger partial charge < -0.3 is 10.0 Å². The molecule has 1 aliphatic rings. The number of rotatable bonds is 2. The normalized spacial score (nSPS) is 17.9. The standard InChI is InChI=1S/C14H15BrN4O3S/c1-7-9-5-16-13(23-2)17-11(9)19(12(20)10(7)15)8-3-4-18(6-8)14(21)22/h5,8H,3-4,6H2,1-2H3,(H,21,22)/t8-/m0/s1. The summed E-state index contributed by atoms with van der Waals surface area (Å²) in [7, 11) is 0. The molecule has 122 valence electrons. The van der Waals surface area contributed by atoms with Crippen molar-refractivity contribution in [2.75, 3.05) is 19.3 Å². The third-order valence-electron chi connectivity index (χ3n) is 4.10. The molecule has 0 aromatic carbocycles.